The van der Waals surface area contributed by atoms with Crippen LogP contribution in [0.4, 0.5) is 5.95 Å². The van der Waals surface area contributed by atoms with Crippen LogP contribution >= 0.6 is 0 Å². The van der Waals surface area contributed by atoms with Crippen LogP contribution in [0, 0.1) is 5.92 Å². The molecule has 8 heteroatoms. The number of likely N-dealkylation sites (tertiary alicyclic amines) is 1. The van der Waals surface area contributed by atoms with Crippen molar-refractivity contribution in [3.63, 3.8) is 0 Å². The summed E-state index contributed by atoms with van der Waals surface area (Å²) in [6.07, 6.45) is 1.09. The van der Waals surface area contributed by atoms with E-state index >= 15 is 0 Å². The second-order valence-corrected chi connectivity index (χ2v) is 8.42. The zero-order valence-electron chi connectivity index (χ0n) is 16.3. The number of anilines is 1. The molecule has 0 radical (unpaired) electrons. The Morgan fingerprint density at radius 2 is 2.04 bits per heavy atom. The number of carbonyl (C=O) groups excluding carboxylic acids is 1. The van der Waals surface area contributed by atoms with Gasteiger partial charge in [0.2, 0.25) is 5.95 Å². The van der Waals surface area contributed by atoms with Crippen molar-refractivity contribution < 1.29 is 19.7 Å². The molecule has 2 saturated heterocycles. The number of amides is 1. The third kappa shape index (κ3) is 4.07. The summed E-state index contributed by atoms with van der Waals surface area (Å²) in [5, 5.41) is 21.0. The molecule has 0 unspecified atom stereocenters. The molecule has 8 nitrogen and oxygen atoms in total. The minimum atomic E-state index is -1.17. The van der Waals surface area contributed by atoms with E-state index in [0.29, 0.717) is 50.6 Å². The highest BCUT2D eigenvalue weighted by Gasteiger charge is 2.53. The average Bonchev–Trinajstić information content (AvgIpc) is 2.58. The van der Waals surface area contributed by atoms with Crippen LogP contribution in [0.5, 0.6) is 0 Å². The van der Waals surface area contributed by atoms with Gasteiger partial charge in [-0.2, -0.15) is 0 Å². The van der Waals surface area contributed by atoms with Crippen molar-refractivity contribution in [2.75, 3.05) is 25.4 Å². The van der Waals surface area contributed by atoms with Gasteiger partial charge in [-0.1, -0.05) is 13.8 Å². The number of rotatable bonds is 3. The van der Waals surface area contributed by atoms with E-state index in [0.717, 1.165) is 12.1 Å². The highest BCUT2D eigenvalue weighted by Crippen LogP contribution is 2.39. The van der Waals surface area contributed by atoms with E-state index in [1.807, 2.05) is 0 Å². The van der Waals surface area contributed by atoms with Crippen molar-refractivity contribution in [1.29, 1.82) is 0 Å². The van der Waals surface area contributed by atoms with Crippen LogP contribution in [-0.4, -0.2) is 68.0 Å². The molecular formula is C19H30N4O4. The number of nitrogens with two attached hydrogens (primary N) is 1. The summed E-state index contributed by atoms with van der Waals surface area (Å²) in [5.41, 5.74) is 4.88. The van der Waals surface area contributed by atoms with Gasteiger partial charge in [-0.25, -0.2) is 9.97 Å². The summed E-state index contributed by atoms with van der Waals surface area (Å²) in [5.74, 6) is 0.308. The molecule has 2 atom stereocenters. The Hall–Kier alpha value is -1.77. The van der Waals surface area contributed by atoms with Crippen molar-refractivity contribution in [2.24, 2.45) is 5.92 Å². The number of aromatic nitrogens is 2. The molecule has 2 aliphatic heterocycles. The summed E-state index contributed by atoms with van der Waals surface area (Å²) in [7, 11) is 0. The SMILES string of the molecule is CC(C)Cc1cc(C(=O)N2CCC3(CC2)OCC[C@@](C)(O)[C@@H]3O)nc(N)n1. The summed E-state index contributed by atoms with van der Waals surface area (Å²) in [4.78, 5) is 22.9. The Bertz CT molecular complexity index is 699. The van der Waals surface area contributed by atoms with E-state index in [4.69, 9.17) is 10.5 Å². The van der Waals surface area contributed by atoms with Crippen molar-refractivity contribution in [1.82, 2.24) is 14.9 Å². The number of aliphatic hydroxyl groups is 2. The number of nitrogen functional groups attached to an aromatic ring is 1. The maximum atomic E-state index is 12.9. The van der Waals surface area contributed by atoms with Crippen molar-refractivity contribution in [2.45, 2.75) is 63.8 Å². The van der Waals surface area contributed by atoms with Crippen LogP contribution in [0.1, 0.15) is 56.2 Å². The Labute approximate surface area is 159 Å². The second-order valence-electron chi connectivity index (χ2n) is 8.42. The van der Waals surface area contributed by atoms with Crippen LogP contribution < -0.4 is 5.73 Å². The van der Waals surface area contributed by atoms with E-state index < -0.39 is 17.3 Å². The molecule has 1 aromatic heterocycles. The molecule has 150 valence electrons. The third-order valence-corrected chi connectivity index (χ3v) is 5.62. The standard InChI is InChI=1S/C19H30N4O4/c1-12(2)10-13-11-14(22-17(20)21-13)15(24)23-7-4-19(5-8-23)16(25)18(3,26)6-9-27-19/h11-12,16,25-26H,4-10H2,1-3H3,(H2,20,21,22)/t16-,18+/m0/s1. The van der Waals surface area contributed by atoms with Gasteiger partial charge in [0.05, 0.1) is 12.2 Å². The lowest BCUT2D eigenvalue weighted by Crippen LogP contribution is -2.64. The number of aliphatic hydroxyl groups excluding tert-OH is 1. The van der Waals surface area contributed by atoms with Gasteiger partial charge in [-0.15, -0.1) is 0 Å². The molecule has 3 rings (SSSR count). The number of hydrogen-bond acceptors (Lipinski definition) is 7. The Morgan fingerprint density at radius 3 is 2.67 bits per heavy atom. The normalized spacial score (nSPS) is 27.9. The number of nitrogens with zero attached hydrogens (tertiary/aromatic N) is 3. The van der Waals surface area contributed by atoms with Gasteiger partial charge in [0.25, 0.3) is 5.91 Å². The van der Waals surface area contributed by atoms with Gasteiger partial charge < -0.3 is 25.6 Å². The van der Waals surface area contributed by atoms with Crippen LogP contribution in [0.3, 0.4) is 0 Å². The van der Waals surface area contributed by atoms with Crippen molar-refractivity contribution in [3.05, 3.63) is 17.5 Å². The van der Waals surface area contributed by atoms with Crippen molar-refractivity contribution >= 4 is 11.9 Å². The van der Waals surface area contributed by atoms with Gasteiger partial charge in [0, 0.05) is 25.2 Å². The van der Waals surface area contributed by atoms with Crippen LogP contribution in [0.2, 0.25) is 0 Å². The number of ether oxygens (including phenoxy) is 1. The van der Waals surface area contributed by atoms with Crippen LogP contribution in [-0.2, 0) is 11.2 Å². The molecule has 4 N–H and O–H groups in total. The van der Waals surface area contributed by atoms with E-state index in [2.05, 4.69) is 23.8 Å². The monoisotopic (exact) mass is 378 g/mol. The number of hydrogen-bond donors (Lipinski definition) is 3. The summed E-state index contributed by atoms with van der Waals surface area (Å²) in [6.45, 7) is 7.05. The van der Waals surface area contributed by atoms with E-state index in [1.165, 1.54) is 0 Å². The largest absolute Gasteiger partial charge is 0.387 e. The maximum Gasteiger partial charge on any atom is 0.272 e. The van der Waals surface area contributed by atoms with Gasteiger partial charge in [0.15, 0.2) is 0 Å². The first kappa shape index (κ1) is 20.0. The topological polar surface area (TPSA) is 122 Å². The Kier molecular flexibility index (Phi) is 5.42. The van der Waals surface area contributed by atoms with E-state index in [1.54, 1.807) is 17.9 Å². The fourth-order valence-corrected chi connectivity index (χ4v) is 4.06. The smallest absolute Gasteiger partial charge is 0.272 e. The first-order valence-electron chi connectivity index (χ1n) is 9.60. The lowest BCUT2D eigenvalue weighted by atomic mass is 9.75. The van der Waals surface area contributed by atoms with Gasteiger partial charge in [-0.05, 0) is 38.2 Å². The first-order chi connectivity index (χ1) is 12.6. The second kappa shape index (κ2) is 7.33. The minimum absolute atomic E-state index is 0.104. The average molecular weight is 378 g/mol. The van der Waals surface area contributed by atoms with Crippen LogP contribution in [0.25, 0.3) is 0 Å². The molecule has 2 aliphatic rings. The Morgan fingerprint density at radius 1 is 1.37 bits per heavy atom. The lowest BCUT2D eigenvalue weighted by molar-refractivity contribution is -0.244. The number of carbonyl (C=O) groups is 1. The highest BCUT2D eigenvalue weighted by molar-refractivity contribution is 5.92. The first-order valence-corrected chi connectivity index (χ1v) is 9.60. The highest BCUT2D eigenvalue weighted by atomic mass is 16.5. The zero-order chi connectivity index (χ0) is 19.8. The summed E-state index contributed by atoms with van der Waals surface area (Å²) in [6, 6.07) is 1.71. The summed E-state index contributed by atoms with van der Waals surface area (Å²) >= 11 is 0. The molecule has 27 heavy (non-hydrogen) atoms. The quantitative estimate of drug-likeness (QED) is 0.710. The predicted octanol–water partition coefficient (Wildman–Crippen LogP) is 0.764. The molecular weight excluding hydrogens is 348 g/mol. The minimum Gasteiger partial charge on any atom is -0.387 e. The third-order valence-electron chi connectivity index (χ3n) is 5.62. The van der Waals surface area contributed by atoms with Gasteiger partial charge >= 0.3 is 0 Å². The molecule has 0 aromatic carbocycles. The van der Waals surface area contributed by atoms with Gasteiger partial charge in [0.1, 0.15) is 17.4 Å². The maximum absolute atomic E-state index is 12.9. The van der Waals surface area contributed by atoms with E-state index in [9.17, 15) is 15.0 Å². The molecule has 0 aliphatic carbocycles. The fourth-order valence-electron chi connectivity index (χ4n) is 4.06. The molecule has 0 bridgehead atoms. The predicted molar refractivity (Wildman–Crippen MR) is 100 cm³/mol. The molecule has 3 heterocycles. The molecule has 1 spiro atoms. The zero-order valence-corrected chi connectivity index (χ0v) is 16.3. The van der Waals surface area contributed by atoms with Crippen molar-refractivity contribution in [3.8, 4) is 0 Å². The molecule has 1 aromatic rings. The summed E-state index contributed by atoms with van der Waals surface area (Å²) < 4.78 is 5.88. The molecule has 2 fully saturated rings. The number of piperidine rings is 1. The molecule has 1 amide bonds. The fraction of sp³-hybridized carbons (Fsp3) is 0.737. The molecule has 0 saturated carbocycles. The Balaban J connectivity index is 1.71. The van der Waals surface area contributed by atoms with Gasteiger partial charge in [-0.3, -0.25) is 4.79 Å². The van der Waals surface area contributed by atoms with E-state index in [-0.39, 0.29) is 11.9 Å². The van der Waals surface area contributed by atoms with Crippen LogP contribution in [0.15, 0.2) is 6.07 Å². The lowest BCUT2D eigenvalue weighted by Gasteiger charge is -2.51.